The van der Waals surface area contributed by atoms with E-state index in [0.29, 0.717) is 18.1 Å². The van der Waals surface area contributed by atoms with Gasteiger partial charge in [-0.25, -0.2) is 0 Å². The molecule has 0 atom stereocenters. The normalized spacial score (nSPS) is 10.7. The second-order valence-electron chi connectivity index (χ2n) is 4.01. The quantitative estimate of drug-likeness (QED) is 0.632. The molecule has 0 N–H and O–H groups in total. The van der Waals surface area contributed by atoms with E-state index in [1.54, 1.807) is 24.5 Å². The molecular weight excluding hydrogens is 244 g/mol. The Hall–Kier alpha value is -2.57. The van der Waals surface area contributed by atoms with Gasteiger partial charge in [-0.1, -0.05) is 0 Å². The standard InChI is InChI=1S/C12H12N6O/c1(2-10-5-7-13-8-6-10)9-19-12-4-3-11-14-16-17-18(11)15-12/h3-8H,1-2,9H2. The molecule has 0 bridgehead atoms. The van der Waals surface area contributed by atoms with E-state index in [-0.39, 0.29) is 0 Å². The van der Waals surface area contributed by atoms with E-state index in [4.69, 9.17) is 4.74 Å². The molecule has 3 rings (SSSR count). The largest absolute Gasteiger partial charge is 0.477 e. The van der Waals surface area contributed by atoms with Crippen molar-refractivity contribution in [2.75, 3.05) is 6.61 Å². The number of pyridine rings is 1. The number of aryl methyl sites for hydroxylation is 1. The van der Waals surface area contributed by atoms with E-state index in [2.05, 4.69) is 25.6 Å². The molecule has 7 nitrogen and oxygen atoms in total. The second kappa shape index (κ2) is 5.38. The highest BCUT2D eigenvalue weighted by Gasteiger charge is 2.01. The van der Waals surface area contributed by atoms with Crippen molar-refractivity contribution in [3.63, 3.8) is 0 Å². The maximum absolute atomic E-state index is 5.56. The van der Waals surface area contributed by atoms with Crippen LogP contribution in [0.15, 0.2) is 36.7 Å². The minimum Gasteiger partial charge on any atom is -0.477 e. The van der Waals surface area contributed by atoms with Gasteiger partial charge in [0.25, 0.3) is 0 Å². The molecule has 0 aliphatic heterocycles. The Morgan fingerprint density at radius 1 is 1.11 bits per heavy atom. The molecule has 96 valence electrons. The molecule has 3 heterocycles. The summed E-state index contributed by atoms with van der Waals surface area (Å²) in [5.41, 5.74) is 1.85. The summed E-state index contributed by atoms with van der Waals surface area (Å²) in [5.74, 6) is 0.523. The third-order valence-corrected chi connectivity index (χ3v) is 2.65. The minimum atomic E-state index is 0.523. The van der Waals surface area contributed by atoms with Crippen LogP contribution in [0.3, 0.4) is 0 Å². The van der Waals surface area contributed by atoms with Crippen LogP contribution in [-0.4, -0.2) is 36.8 Å². The maximum Gasteiger partial charge on any atom is 0.233 e. The molecule has 0 unspecified atom stereocenters. The lowest BCUT2D eigenvalue weighted by Gasteiger charge is -2.04. The van der Waals surface area contributed by atoms with Crippen molar-refractivity contribution >= 4 is 5.65 Å². The molecule has 7 heteroatoms. The van der Waals surface area contributed by atoms with Gasteiger partial charge >= 0.3 is 0 Å². The molecule has 19 heavy (non-hydrogen) atoms. The third-order valence-electron chi connectivity index (χ3n) is 2.65. The van der Waals surface area contributed by atoms with Crippen molar-refractivity contribution in [2.45, 2.75) is 12.8 Å². The Kier molecular flexibility index (Phi) is 3.26. The van der Waals surface area contributed by atoms with Crippen molar-refractivity contribution in [1.82, 2.24) is 30.2 Å². The van der Waals surface area contributed by atoms with Crippen LogP contribution in [0.25, 0.3) is 5.65 Å². The van der Waals surface area contributed by atoms with Crippen molar-refractivity contribution in [1.29, 1.82) is 0 Å². The SMILES string of the molecule is c1cc(CCCOc2ccc3nnnn3n2)ccn1. The van der Waals surface area contributed by atoms with Crippen molar-refractivity contribution in [3.05, 3.63) is 42.2 Å². The summed E-state index contributed by atoms with van der Waals surface area (Å²) in [6.07, 6.45) is 5.46. The number of ether oxygens (including phenoxy) is 1. The van der Waals surface area contributed by atoms with Crippen LogP contribution in [0.5, 0.6) is 5.88 Å². The average molecular weight is 256 g/mol. The van der Waals surface area contributed by atoms with Crippen LogP contribution in [0.1, 0.15) is 12.0 Å². The average Bonchev–Trinajstić information content (AvgIpc) is 2.92. The highest BCUT2D eigenvalue weighted by molar-refractivity contribution is 5.34. The van der Waals surface area contributed by atoms with E-state index in [1.807, 2.05) is 12.1 Å². The predicted octanol–water partition coefficient (Wildman–Crippen LogP) is 0.926. The first kappa shape index (κ1) is 11.5. The Balaban J connectivity index is 1.52. The van der Waals surface area contributed by atoms with Crippen LogP contribution in [-0.2, 0) is 6.42 Å². The fourth-order valence-corrected chi connectivity index (χ4v) is 1.71. The Morgan fingerprint density at radius 3 is 2.89 bits per heavy atom. The lowest BCUT2D eigenvalue weighted by Crippen LogP contribution is -2.03. The molecular formula is C12H12N6O. The van der Waals surface area contributed by atoms with E-state index in [0.717, 1.165) is 12.8 Å². The highest BCUT2D eigenvalue weighted by Crippen LogP contribution is 2.07. The zero-order valence-electron chi connectivity index (χ0n) is 10.2. The van der Waals surface area contributed by atoms with Gasteiger partial charge in [0, 0.05) is 18.5 Å². The van der Waals surface area contributed by atoms with E-state index < -0.39 is 0 Å². The summed E-state index contributed by atoms with van der Waals surface area (Å²) in [4.78, 5) is 3.98. The van der Waals surface area contributed by atoms with Crippen LogP contribution in [0, 0.1) is 0 Å². The van der Waals surface area contributed by atoms with Gasteiger partial charge in [-0.05, 0) is 47.0 Å². The van der Waals surface area contributed by atoms with Gasteiger partial charge in [0.1, 0.15) is 0 Å². The van der Waals surface area contributed by atoms with Crippen LogP contribution in [0.2, 0.25) is 0 Å². The molecule has 0 spiro atoms. The topological polar surface area (TPSA) is 78.1 Å². The maximum atomic E-state index is 5.56. The fraction of sp³-hybridized carbons (Fsp3) is 0.250. The summed E-state index contributed by atoms with van der Waals surface area (Å²) in [6.45, 7) is 0.600. The third kappa shape index (κ3) is 2.82. The number of nitrogens with zero attached hydrogens (tertiary/aromatic N) is 6. The monoisotopic (exact) mass is 256 g/mol. The Bertz CT molecular complexity index is 653. The fourth-order valence-electron chi connectivity index (χ4n) is 1.71. The number of aromatic nitrogens is 6. The smallest absolute Gasteiger partial charge is 0.233 e. The van der Waals surface area contributed by atoms with Gasteiger partial charge in [0.2, 0.25) is 5.88 Å². The van der Waals surface area contributed by atoms with Crippen LogP contribution < -0.4 is 4.74 Å². The van der Waals surface area contributed by atoms with Crippen molar-refractivity contribution in [3.8, 4) is 5.88 Å². The van der Waals surface area contributed by atoms with Crippen molar-refractivity contribution < 1.29 is 4.74 Å². The molecule has 0 saturated heterocycles. The van der Waals surface area contributed by atoms with Gasteiger partial charge in [0.05, 0.1) is 6.61 Å². The Morgan fingerprint density at radius 2 is 2.00 bits per heavy atom. The van der Waals surface area contributed by atoms with Crippen LogP contribution >= 0.6 is 0 Å². The molecule has 0 aliphatic carbocycles. The molecule has 3 aromatic rings. The van der Waals surface area contributed by atoms with E-state index in [1.165, 1.54) is 10.2 Å². The first-order valence-electron chi connectivity index (χ1n) is 5.99. The molecule has 0 aliphatic rings. The second-order valence-corrected chi connectivity index (χ2v) is 4.01. The first-order chi connectivity index (χ1) is 9.42. The zero-order chi connectivity index (χ0) is 12.9. The summed E-state index contributed by atoms with van der Waals surface area (Å²) in [7, 11) is 0. The summed E-state index contributed by atoms with van der Waals surface area (Å²) < 4.78 is 6.91. The van der Waals surface area contributed by atoms with Gasteiger partial charge in [-0.3, -0.25) is 4.98 Å². The lowest BCUT2D eigenvalue weighted by molar-refractivity contribution is 0.293. The molecule has 0 radical (unpaired) electrons. The minimum absolute atomic E-state index is 0.523. The summed E-state index contributed by atoms with van der Waals surface area (Å²) >= 11 is 0. The number of rotatable bonds is 5. The molecule has 0 aromatic carbocycles. The molecule has 0 saturated carbocycles. The molecule has 0 amide bonds. The van der Waals surface area contributed by atoms with Gasteiger partial charge in [0.15, 0.2) is 5.65 Å². The van der Waals surface area contributed by atoms with Crippen molar-refractivity contribution in [2.24, 2.45) is 0 Å². The first-order valence-corrected chi connectivity index (χ1v) is 5.99. The lowest BCUT2D eigenvalue weighted by atomic mass is 10.1. The number of tetrazole rings is 1. The van der Waals surface area contributed by atoms with Crippen LogP contribution in [0.4, 0.5) is 0 Å². The molecule has 3 aromatic heterocycles. The van der Waals surface area contributed by atoms with E-state index >= 15 is 0 Å². The zero-order valence-corrected chi connectivity index (χ0v) is 10.2. The number of hydrogen-bond acceptors (Lipinski definition) is 6. The predicted molar refractivity (Wildman–Crippen MR) is 66.6 cm³/mol. The summed E-state index contributed by atoms with van der Waals surface area (Å²) in [5, 5.41) is 15.1. The molecule has 0 fully saturated rings. The number of fused-ring (bicyclic) bond motifs is 1. The Labute approximate surface area is 109 Å². The van der Waals surface area contributed by atoms with Gasteiger partial charge in [-0.2, -0.15) is 0 Å². The highest BCUT2D eigenvalue weighted by atomic mass is 16.5. The number of hydrogen-bond donors (Lipinski definition) is 0. The van der Waals surface area contributed by atoms with Gasteiger partial charge < -0.3 is 4.74 Å². The van der Waals surface area contributed by atoms with E-state index in [9.17, 15) is 0 Å². The van der Waals surface area contributed by atoms with Gasteiger partial charge in [-0.15, -0.1) is 14.8 Å². The summed E-state index contributed by atoms with van der Waals surface area (Å²) in [6, 6.07) is 7.54.